The predicted molar refractivity (Wildman–Crippen MR) is 142 cm³/mol. The summed E-state index contributed by atoms with van der Waals surface area (Å²) in [7, 11) is -5.25. The van der Waals surface area contributed by atoms with E-state index in [9.17, 15) is 41.2 Å². The number of alkyl carbamates (subject to hydrolysis) is 1. The van der Waals surface area contributed by atoms with Gasteiger partial charge < -0.3 is 30.3 Å². The van der Waals surface area contributed by atoms with E-state index in [-0.39, 0.29) is 79.9 Å². The number of benzene rings is 1. The minimum absolute atomic E-state index is 0. The van der Waals surface area contributed by atoms with Gasteiger partial charge in [-0.1, -0.05) is 44.2 Å². The molecule has 1 heterocycles. The van der Waals surface area contributed by atoms with Crippen LogP contribution in [0.25, 0.3) is 0 Å². The third-order valence-corrected chi connectivity index (χ3v) is 8.46. The van der Waals surface area contributed by atoms with E-state index in [1.54, 1.807) is 44.2 Å². The Hall–Kier alpha value is -1.84. The van der Waals surface area contributed by atoms with Crippen LogP contribution in [0, 0.1) is 17.8 Å². The first-order valence-corrected chi connectivity index (χ1v) is 15.2. The second-order valence-electron chi connectivity index (χ2n) is 11.3. The standard InChI is InChI=1S/C27H39F2N3O8S.Na/c1-16(2)14-20(24(34)31-21(25(35)41(37,38)39)15-19-10-13-30-23(19)33)32-26(36)40-22(17-6-4-3-5-7-17)18-8-11-27(28,29)12-9-18;/h3-7,16,18-22,25,35H,8-15H2,1-2H3,(H,30,33)(H,31,34)(H,32,36)(H,37,38,39);/q;+1/p-1. The van der Waals surface area contributed by atoms with Gasteiger partial charge in [-0.2, -0.15) is 0 Å². The van der Waals surface area contributed by atoms with E-state index >= 15 is 0 Å². The van der Waals surface area contributed by atoms with E-state index in [0.29, 0.717) is 18.5 Å². The first kappa shape index (κ1) is 36.4. The summed E-state index contributed by atoms with van der Waals surface area (Å²) < 4.78 is 68.1. The summed E-state index contributed by atoms with van der Waals surface area (Å²) in [6.45, 7) is 3.88. The molecule has 5 atom stereocenters. The van der Waals surface area contributed by atoms with Gasteiger partial charge >= 0.3 is 35.7 Å². The molecule has 1 aliphatic heterocycles. The van der Waals surface area contributed by atoms with Gasteiger partial charge in [-0.3, -0.25) is 9.59 Å². The molecule has 42 heavy (non-hydrogen) atoms. The third kappa shape index (κ3) is 10.7. The van der Waals surface area contributed by atoms with Crippen molar-refractivity contribution in [3.63, 3.8) is 0 Å². The molecule has 1 aromatic carbocycles. The fraction of sp³-hybridized carbons (Fsp3) is 0.667. The molecule has 1 saturated heterocycles. The molecule has 0 spiro atoms. The minimum Gasteiger partial charge on any atom is -0.746 e. The molecule has 3 amide bonds. The predicted octanol–water partition coefficient (Wildman–Crippen LogP) is -0.427. The van der Waals surface area contributed by atoms with Crippen molar-refractivity contribution in [1.82, 2.24) is 16.0 Å². The van der Waals surface area contributed by atoms with Crippen LogP contribution < -0.4 is 45.5 Å². The molecular formula is C27H38F2N3NaO8S. The fourth-order valence-electron chi connectivity index (χ4n) is 5.35. The number of aliphatic hydroxyl groups excluding tert-OH is 1. The maximum atomic E-state index is 13.8. The molecular weight excluding hydrogens is 587 g/mol. The second-order valence-corrected chi connectivity index (χ2v) is 12.7. The molecule has 1 saturated carbocycles. The normalized spacial score (nSPS) is 21.8. The van der Waals surface area contributed by atoms with Gasteiger partial charge in [0.25, 0.3) is 0 Å². The third-order valence-electron chi connectivity index (χ3n) is 7.54. The Morgan fingerprint density at radius 2 is 1.76 bits per heavy atom. The largest absolute Gasteiger partial charge is 1.00 e. The van der Waals surface area contributed by atoms with Crippen molar-refractivity contribution < 1.29 is 75.5 Å². The SMILES string of the molecule is CC(C)CC(NC(=O)OC(c1ccccc1)C1CCC(F)(F)CC1)C(=O)NC(CC1CCNC1=O)C(O)S(=O)(=O)[O-].[Na+]. The van der Waals surface area contributed by atoms with E-state index in [1.165, 1.54) is 0 Å². The Labute approximate surface area is 266 Å². The van der Waals surface area contributed by atoms with Gasteiger partial charge in [-0.05, 0) is 43.6 Å². The maximum absolute atomic E-state index is 13.8. The zero-order valence-corrected chi connectivity index (χ0v) is 26.9. The number of amides is 3. The van der Waals surface area contributed by atoms with Crippen LogP contribution in [0.4, 0.5) is 13.6 Å². The summed E-state index contributed by atoms with van der Waals surface area (Å²) in [6.07, 6.45) is -2.14. The number of halogens is 2. The number of carbonyl (C=O) groups is 3. The number of nitrogens with one attached hydrogen (secondary N) is 3. The number of ether oxygens (including phenoxy) is 1. The Kier molecular flexibility index (Phi) is 13.6. The molecule has 230 valence electrons. The van der Waals surface area contributed by atoms with Crippen LogP contribution in [-0.4, -0.2) is 66.0 Å². The minimum atomic E-state index is -5.25. The number of hydrogen-bond acceptors (Lipinski definition) is 8. The number of alkyl halides is 2. The Bertz CT molecular complexity index is 1170. The van der Waals surface area contributed by atoms with E-state index in [0.717, 1.165) is 0 Å². The maximum Gasteiger partial charge on any atom is 1.00 e. The molecule has 1 aromatic rings. The summed E-state index contributed by atoms with van der Waals surface area (Å²) in [5, 5.41) is 17.6. The molecule has 0 aromatic heterocycles. The van der Waals surface area contributed by atoms with Gasteiger partial charge in [0.15, 0.2) is 5.44 Å². The summed E-state index contributed by atoms with van der Waals surface area (Å²) in [5.74, 6) is -5.29. The van der Waals surface area contributed by atoms with Crippen molar-refractivity contribution in [1.29, 1.82) is 0 Å². The average molecular weight is 626 g/mol. The van der Waals surface area contributed by atoms with Crippen molar-refractivity contribution in [2.45, 2.75) is 88.3 Å². The summed E-state index contributed by atoms with van der Waals surface area (Å²) in [6, 6.07) is 5.81. The Morgan fingerprint density at radius 3 is 2.29 bits per heavy atom. The van der Waals surface area contributed by atoms with Crippen molar-refractivity contribution in [3.8, 4) is 0 Å². The van der Waals surface area contributed by atoms with Gasteiger partial charge in [0.1, 0.15) is 22.3 Å². The topological polar surface area (TPSA) is 174 Å². The van der Waals surface area contributed by atoms with Crippen LogP contribution in [0.1, 0.15) is 70.5 Å². The molecule has 2 fully saturated rings. The molecule has 11 nitrogen and oxygen atoms in total. The molecule has 5 unspecified atom stereocenters. The Balaban J connectivity index is 0.00000616. The smallest absolute Gasteiger partial charge is 0.746 e. The van der Waals surface area contributed by atoms with Crippen LogP contribution >= 0.6 is 0 Å². The Morgan fingerprint density at radius 1 is 1.14 bits per heavy atom. The van der Waals surface area contributed by atoms with Gasteiger partial charge in [0.2, 0.25) is 17.7 Å². The van der Waals surface area contributed by atoms with Crippen LogP contribution in [0.5, 0.6) is 0 Å². The fourth-order valence-corrected chi connectivity index (χ4v) is 5.93. The van der Waals surface area contributed by atoms with Gasteiger partial charge in [0.05, 0.1) is 6.04 Å². The van der Waals surface area contributed by atoms with Crippen LogP contribution in [-0.2, 0) is 24.4 Å². The summed E-state index contributed by atoms with van der Waals surface area (Å²) in [4.78, 5) is 38.4. The number of aliphatic hydroxyl groups is 1. The molecule has 1 aliphatic carbocycles. The molecule has 0 bridgehead atoms. The molecule has 2 aliphatic rings. The second kappa shape index (κ2) is 15.8. The summed E-state index contributed by atoms with van der Waals surface area (Å²) >= 11 is 0. The average Bonchev–Trinajstić information content (AvgIpc) is 3.30. The van der Waals surface area contributed by atoms with Crippen LogP contribution in [0.3, 0.4) is 0 Å². The van der Waals surface area contributed by atoms with Crippen molar-refractivity contribution in [2.75, 3.05) is 6.54 Å². The van der Waals surface area contributed by atoms with E-state index in [1.807, 2.05) is 0 Å². The van der Waals surface area contributed by atoms with E-state index in [2.05, 4.69) is 16.0 Å². The van der Waals surface area contributed by atoms with Crippen molar-refractivity contribution in [3.05, 3.63) is 35.9 Å². The van der Waals surface area contributed by atoms with Crippen LogP contribution in [0.2, 0.25) is 0 Å². The first-order valence-electron chi connectivity index (χ1n) is 13.8. The first-order chi connectivity index (χ1) is 19.2. The molecule has 15 heteroatoms. The van der Waals surface area contributed by atoms with Gasteiger partial charge in [-0.25, -0.2) is 22.0 Å². The molecule has 0 radical (unpaired) electrons. The zero-order valence-electron chi connectivity index (χ0n) is 24.1. The van der Waals surface area contributed by atoms with Gasteiger partial charge in [-0.15, -0.1) is 0 Å². The molecule has 3 rings (SSSR count). The number of carbonyl (C=O) groups excluding carboxylic acids is 3. The van der Waals surface area contributed by atoms with Gasteiger partial charge in [0, 0.05) is 31.2 Å². The van der Waals surface area contributed by atoms with Crippen molar-refractivity contribution >= 4 is 28.0 Å². The zero-order chi connectivity index (χ0) is 30.4. The quantitative estimate of drug-likeness (QED) is 0.179. The van der Waals surface area contributed by atoms with E-state index in [4.69, 9.17) is 4.74 Å². The monoisotopic (exact) mass is 625 g/mol. The number of rotatable bonds is 12. The number of hydrogen-bond donors (Lipinski definition) is 4. The summed E-state index contributed by atoms with van der Waals surface area (Å²) in [5.41, 5.74) is -1.90. The van der Waals surface area contributed by atoms with E-state index < -0.39 is 63.5 Å². The molecule has 4 N–H and O–H groups in total. The van der Waals surface area contributed by atoms with Crippen LogP contribution in [0.15, 0.2) is 30.3 Å². The van der Waals surface area contributed by atoms with Crippen molar-refractivity contribution in [2.24, 2.45) is 17.8 Å².